The van der Waals surface area contributed by atoms with Crippen LogP contribution >= 0.6 is 11.6 Å². The highest BCUT2D eigenvalue weighted by molar-refractivity contribution is 6.30. The van der Waals surface area contributed by atoms with Crippen molar-refractivity contribution in [2.24, 2.45) is 0 Å². The average Bonchev–Trinajstić information content (AvgIpc) is 2.82. The highest BCUT2D eigenvalue weighted by atomic mass is 35.5. The smallest absolute Gasteiger partial charge is 0.127 e. The summed E-state index contributed by atoms with van der Waals surface area (Å²) in [4.78, 5) is 2.43. The van der Waals surface area contributed by atoms with Crippen molar-refractivity contribution in [2.75, 3.05) is 26.2 Å². The molecule has 0 bridgehead atoms. The number of hydrogen-bond donors (Lipinski definition) is 1. The molecule has 1 N–H and O–H groups in total. The second-order valence-electron chi connectivity index (χ2n) is 4.46. The van der Waals surface area contributed by atoms with E-state index in [1.165, 1.54) is 32.0 Å². The Hall–Kier alpha value is -0.640. The van der Waals surface area contributed by atoms with Gasteiger partial charge in [-0.25, -0.2) is 4.39 Å². The SMILES string of the molecule is Fc1ccc(Cl)cc1CNCCN1CCCC1. The Morgan fingerprint density at radius 1 is 1.29 bits per heavy atom. The third-order valence-corrected chi connectivity index (χ3v) is 3.36. The molecule has 0 atom stereocenters. The first kappa shape index (κ1) is 12.8. The molecule has 0 unspecified atom stereocenters. The zero-order chi connectivity index (χ0) is 12.1. The number of benzene rings is 1. The zero-order valence-electron chi connectivity index (χ0n) is 9.88. The second kappa shape index (κ2) is 6.34. The van der Waals surface area contributed by atoms with Gasteiger partial charge in [0.05, 0.1) is 0 Å². The quantitative estimate of drug-likeness (QED) is 0.815. The van der Waals surface area contributed by atoms with Crippen LogP contribution in [-0.4, -0.2) is 31.1 Å². The van der Waals surface area contributed by atoms with Crippen LogP contribution in [0.1, 0.15) is 18.4 Å². The van der Waals surface area contributed by atoms with Crippen molar-refractivity contribution in [3.05, 3.63) is 34.6 Å². The molecule has 1 aromatic rings. The van der Waals surface area contributed by atoms with Gasteiger partial charge in [-0.3, -0.25) is 0 Å². The van der Waals surface area contributed by atoms with E-state index < -0.39 is 0 Å². The first-order valence-electron chi connectivity index (χ1n) is 6.13. The number of likely N-dealkylation sites (tertiary alicyclic amines) is 1. The first-order valence-corrected chi connectivity index (χ1v) is 6.50. The molecule has 17 heavy (non-hydrogen) atoms. The first-order chi connectivity index (χ1) is 8.25. The van der Waals surface area contributed by atoms with E-state index in [-0.39, 0.29) is 5.82 Å². The minimum absolute atomic E-state index is 0.192. The summed E-state index contributed by atoms with van der Waals surface area (Å²) in [5.41, 5.74) is 0.638. The van der Waals surface area contributed by atoms with Crippen molar-refractivity contribution < 1.29 is 4.39 Å². The van der Waals surface area contributed by atoms with Gasteiger partial charge in [0.2, 0.25) is 0 Å². The Labute approximate surface area is 107 Å². The molecule has 1 aliphatic rings. The van der Waals surface area contributed by atoms with Gasteiger partial charge < -0.3 is 10.2 Å². The lowest BCUT2D eigenvalue weighted by Crippen LogP contribution is -2.29. The molecule has 0 amide bonds. The Balaban J connectivity index is 1.72. The van der Waals surface area contributed by atoms with Gasteiger partial charge in [-0.1, -0.05) is 11.6 Å². The van der Waals surface area contributed by atoms with E-state index in [1.807, 2.05) is 0 Å². The minimum atomic E-state index is -0.192. The monoisotopic (exact) mass is 256 g/mol. The van der Waals surface area contributed by atoms with E-state index >= 15 is 0 Å². The Kier molecular flexibility index (Phi) is 4.77. The summed E-state index contributed by atoms with van der Waals surface area (Å²) in [5.74, 6) is -0.192. The molecule has 0 aromatic heterocycles. The standard InChI is InChI=1S/C13H18ClFN2/c14-12-3-4-13(15)11(9-12)10-16-5-8-17-6-1-2-7-17/h3-4,9,16H,1-2,5-8,10H2. The summed E-state index contributed by atoms with van der Waals surface area (Å²) in [6, 6.07) is 4.67. The number of hydrogen-bond acceptors (Lipinski definition) is 2. The fourth-order valence-electron chi connectivity index (χ4n) is 2.15. The van der Waals surface area contributed by atoms with E-state index in [0.717, 1.165) is 13.1 Å². The summed E-state index contributed by atoms with van der Waals surface area (Å²) >= 11 is 5.83. The lowest BCUT2D eigenvalue weighted by molar-refractivity contribution is 0.335. The number of nitrogens with zero attached hydrogens (tertiary/aromatic N) is 1. The molecule has 2 rings (SSSR count). The number of nitrogens with one attached hydrogen (secondary N) is 1. The maximum Gasteiger partial charge on any atom is 0.127 e. The fraction of sp³-hybridized carbons (Fsp3) is 0.538. The van der Waals surface area contributed by atoms with Gasteiger partial charge in [0.25, 0.3) is 0 Å². The molecule has 1 fully saturated rings. The molecule has 1 saturated heterocycles. The Bertz CT molecular complexity index is 364. The molecular formula is C13H18ClFN2. The lowest BCUT2D eigenvalue weighted by atomic mass is 10.2. The van der Waals surface area contributed by atoms with Gasteiger partial charge in [-0.05, 0) is 44.1 Å². The van der Waals surface area contributed by atoms with Crippen molar-refractivity contribution in [3.8, 4) is 0 Å². The summed E-state index contributed by atoms with van der Waals surface area (Å²) in [6.07, 6.45) is 2.62. The van der Waals surface area contributed by atoms with Crippen molar-refractivity contribution in [2.45, 2.75) is 19.4 Å². The van der Waals surface area contributed by atoms with Crippen LogP contribution in [0.15, 0.2) is 18.2 Å². The number of rotatable bonds is 5. The predicted octanol–water partition coefficient (Wildman–Crippen LogP) is 2.66. The summed E-state index contributed by atoms with van der Waals surface area (Å²) in [6.45, 7) is 4.88. The topological polar surface area (TPSA) is 15.3 Å². The third kappa shape index (κ3) is 3.95. The van der Waals surface area contributed by atoms with E-state index in [1.54, 1.807) is 12.1 Å². The van der Waals surface area contributed by atoms with Crippen LogP contribution in [0, 0.1) is 5.82 Å². The predicted molar refractivity (Wildman–Crippen MR) is 68.8 cm³/mol. The Morgan fingerprint density at radius 2 is 2.06 bits per heavy atom. The molecule has 2 nitrogen and oxygen atoms in total. The highest BCUT2D eigenvalue weighted by Gasteiger charge is 2.10. The Morgan fingerprint density at radius 3 is 2.82 bits per heavy atom. The molecule has 0 radical (unpaired) electrons. The minimum Gasteiger partial charge on any atom is -0.311 e. The summed E-state index contributed by atoms with van der Waals surface area (Å²) in [7, 11) is 0. The van der Waals surface area contributed by atoms with E-state index in [2.05, 4.69) is 10.2 Å². The largest absolute Gasteiger partial charge is 0.311 e. The van der Waals surface area contributed by atoms with Gasteiger partial charge in [0, 0.05) is 30.2 Å². The highest BCUT2D eigenvalue weighted by Crippen LogP contribution is 2.14. The molecule has 4 heteroatoms. The molecule has 1 heterocycles. The molecule has 0 aliphatic carbocycles. The van der Waals surface area contributed by atoms with Crippen LogP contribution in [0.5, 0.6) is 0 Å². The average molecular weight is 257 g/mol. The summed E-state index contributed by atoms with van der Waals surface area (Å²) in [5, 5.41) is 3.84. The van der Waals surface area contributed by atoms with Crippen molar-refractivity contribution in [1.29, 1.82) is 0 Å². The molecule has 0 spiro atoms. The van der Waals surface area contributed by atoms with E-state index in [4.69, 9.17) is 11.6 Å². The van der Waals surface area contributed by atoms with E-state index in [9.17, 15) is 4.39 Å². The lowest BCUT2D eigenvalue weighted by Gasteiger charge is -2.14. The van der Waals surface area contributed by atoms with Gasteiger partial charge in [0.1, 0.15) is 5.82 Å². The van der Waals surface area contributed by atoms with Crippen LogP contribution in [0.3, 0.4) is 0 Å². The van der Waals surface area contributed by atoms with Crippen molar-refractivity contribution in [3.63, 3.8) is 0 Å². The zero-order valence-corrected chi connectivity index (χ0v) is 10.6. The second-order valence-corrected chi connectivity index (χ2v) is 4.90. The fourth-order valence-corrected chi connectivity index (χ4v) is 2.34. The van der Waals surface area contributed by atoms with Crippen LogP contribution in [0.2, 0.25) is 5.02 Å². The van der Waals surface area contributed by atoms with E-state index in [0.29, 0.717) is 17.1 Å². The van der Waals surface area contributed by atoms with Crippen LogP contribution in [0.25, 0.3) is 0 Å². The van der Waals surface area contributed by atoms with Crippen LogP contribution < -0.4 is 5.32 Å². The van der Waals surface area contributed by atoms with Gasteiger partial charge >= 0.3 is 0 Å². The van der Waals surface area contributed by atoms with Gasteiger partial charge in [-0.2, -0.15) is 0 Å². The molecular weight excluding hydrogens is 239 g/mol. The molecule has 1 aromatic carbocycles. The maximum atomic E-state index is 13.4. The number of halogens is 2. The van der Waals surface area contributed by atoms with Crippen molar-refractivity contribution >= 4 is 11.6 Å². The summed E-state index contributed by atoms with van der Waals surface area (Å²) < 4.78 is 13.4. The van der Waals surface area contributed by atoms with Gasteiger partial charge in [0.15, 0.2) is 0 Å². The molecule has 94 valence electrons. The maximum absolute atomic E-state index is 13.4. The third-order valence-electron chi connectivity index (χ3n) is 3.13. The van der Waals surface area contributed by atoms with Gasteiger partial charge in [-0.15, -0.1) is 0 Å². The molecule has 0 saturated carbocycles. The van der Waals surface area contributed by atoms with Crippen LogP contribution in [0.4, 0.5) is 4.39 Å². The van der Waals surface area contributed by atoms with Crippen LogP contribution in [-0.2, 0) is 6.54 Å². The molecule has 1 aliphatic heterocycles. The van der Waals surface area contributed by atoms with Crippen molar-refractivity contribution in [1.82, 2.24) is 10.2 Å². The normalized spacial score (nSPS) is 16.6.